The number of hydrogen-bond acceptors (Lipinski definition) is 4. The number of pyridine rings is 1. The van der Waals surface area contributed by atoms with E-state index in [9.17, 15) is 21.6 Å². The Bertz CT molecular complexity index is 1320. The number of rotatable bonds is 4. The minimum Gasteiger partial charge on any atom is -0.278 e. The summed E-state index contributed by atoms with van der Waals surface area (Å²) in [7, 11) is -4.22. The van der Waals surface area contributed by atoms with Crippen LogP contribution < -0.4 is 0 Å². The van der Waals surface area contributed by atoms with Gasteiger partial charge in [0.2, 0.25) is 0 Å². The summed E-state index contributed by atoms with van der Waals surface area (Å²) in [5.41, 5.74) is 1.99. The maximum Gasteiger partial charge on any atom is 0.433 e. The largest absolute Gasteiger partial charge is 0.433 e. The monoisotopic (exact) mass is 524 g/mol. The fourth-order valence-electron chi connectivity index (χ4n) is 3.86. The SMILES string of the molecule is O=S(=O)(c1ccc(C(F)(F)F)nc1)N1C=Cc2[nH]ncc2C1c1cccc(C2CC2)c1Br. The zero-order valence-electron chi connectivity index (χ0n) is 16.3. The Morgan fingerprint density at radius 3 is 2.47 bits per heavy atom. The van der Waals surface area contributed by atoms with Crippen LogP contribution in [0.15, 0.2) is 58.3 Å². The highest BCUT2D eigenvalue weighted by atomic mass is 79.9. The maximum atomic E-state index is 13.5. The van der Waals surface area contributed by atoms with Crippen LogP contribution in [0.5, 0.6) is 0 Å². The van der Waals surface area contributed by atoms with E-state index in [1.165, 1.54) is 6.20 Å². The predicted molar refractivity (Wildman–Crippen MR) is 114 cm³/mol. The normalized spacial score (nSPS) is 18.6. The molecule has 1 unspecified atom stereocenters. The van der Waals surface area contributed by atoms with Crippen molar-refractivity contribution < 1.29 is 21.6 Å². The molecule has 5 rings (SSSR count). The maximum absolute atomic E-state index is 13.5. The van der Waals surface area contributed by atoms with Gasteiger partial charge in [-0.15, -0.1) is 0 Å². The average Bonchev–Trinajstić information content (AvgIpc) is 3.48. The molecule has 0 bridgehead atoms. The van der Waals surface area contributed by atoms with Crippen molar-refractivity contribution in [1.29, 1.82) is 0 Å². The molecular formula is C21H16BrF3N4O2S. The second-order valence-corrected chi connectivity index (χ2v) is 10.3. The number of aromatic amines is 1. The summed E-state index contributed by atoms with van der Waals surface area (Å²) < 4.78 is 67.7. The van der Waals surface area contributed by atoms with E-state index in [-0.39, 0.29) is 4.90 Å². The second kappa shape index (κ2) is 7.45. The van der Waals surface area contributed by atoms with E-state index < -0.39 is 27.9 Å². The number of nitrogens with one attached hydrogen (secondary N) is 1. The van der Waals surface area contributed by atoms with Gasteiger partial charge in [0.1, 0.15) is 10.6 Å². The highest BCUT2D eigenvalue weighted by molar-refractivity contribution is 9.10. The number of aromatic nitrogens is 3. The van der Waals surface area contributed by atoms with Crippen LogP contribution in [0.2, 0.25) is 0 Å². The summed E-state index contributed by atoms with van der Waals surface area (Å²) in [4.78, 5) is 2.99. The van der Waals surface area contributed by atoms with E-state index in [0.29, 0.717) is 23.2 Å². The molecule has 0 spiro atoms. The summed E-state index contributed by atoms with van der Waals surface area (Å²) in [5.74, 6) is 0.427. The Hall–Kier alpha value is -2.66. The lowest BCUT2D eigenvalue weighted by molar-refractivity contribution is -0.141. The predicted octanol–water partition coefficient (Wildman–Crippen LogP) is 5.23. The lowest BCUT2D eigenvalue weighted by Gasteiger charge is -2.33. The third kappa shape index (κ3) is 3.53. The highest BCUT2D eigenvalue weighted by Crippen LogP contribution is 2.48. The first-order chi connectivity index (χ1) is 15.2. The molecule has 32 heavy (non-hydrogen) atoms. The number of benzene rings is 1. The van der Waals surface area contributed by atoms with Crippen LogP contribution in [-0.4, -0.2) is 27.9 Å². The van der Waals surface area contributed by atoms with E-state index in [0.717, 1.165) is 45.0 Å². The topological polar surface area (TPSA) is 79.0 Å². The van der Waals surface area contributed by atoms with Crippen LogP contribution in [-0.2, 0) is 16.2 Å². The van der Waals surface area contributed by atoms with Crippen LogP contribution in [0.3, 0.4) is 0 Å². The van der Waals surface area contributed by atoms with Crippen molar-refractivity contribution in [2.45, 2.75) is 35.9 Å². The van der Waals surface area contributed by atoms with E-state index >= 15 is 0 Å². The standard InChI is InChI=1S/C21H16BrF3N4O2S/c22-19-14(12-4-5-12)2-1-3-15(19)20-16-11-27-28-17(16)8-9-29(20)32(30,31)13-6-7-18(26-10-13)21(23,24)25/h1-3,6-12,20H,4-5H2,(H,27,28). The van der Waals surface area contributed by atoms with Crippen LogP contribution in [0, 0.1) is 0 Å². The Balaban J connectivity index is 1.62. The first kappa shape index (κ1) is 21.2. The molecule has 1 atom stereocenters. The van der Waals surface area contributed by atoms with E-state index in [1.54, 1.807) is 12.3 Å². The number of hydrogen-bond donors (Lipinski definition) is 1. The summed E-state index contributed by atoms with van der Waals surface area (Å²) in [6, 6.07) is 6.58. The number of fused-ring (bicyclic) bond motifs is 1. The third-order valence-electron chi connectivity index (χ3n) is 5.61. The second-order valence-electron chi connectivity index (χ2n) is 7.69. The summed E-state index contributed by atoms with van der Waals surface area (Å²) in [6.07, 6.45) is 2.76. The van der Waals surface area contributed by atoms with Gasteiger partial charge in [0.25, 0.3) is 10.0 Å². The molecular weight excluding hydrogens is 509 g/mol. The van der Waals surface area contributed by atoms with Gasteiger partial charge in [0.15, 0.2) is 0 Å². The lowest BCUT2D eigenvalue weighted by Crippen LogP contribution is -2.33. The van der Waals surface area contributed by atoms with Crippen molar-refractivity contribution in [3.63, 3.8) is 0 Å². The number of nitrogens with zero attached hydrogens (tertiary/aromatic N) is 3. The Morgan fingerprint density at radius 1 is 1.06 bits per heavy atom. The molecule has 1 saturated carbocycles. The van der Waals surface area contributed by atoms with Crippen LogP contribution in [0.4, 0.5) is 13.2 Å². The van der Waals surface area contributed by atoms with E-state index in [2.05, 4.69) is 31.1 Å². The molecule has 0 radical (unpaired) electrons. The van der Waals surface area contributed by atoms with Gasteiger partial charge in [-0.3, -0.25) is 14.4 Å². The van der Waals surface area contributed by atoms with Gasteiger partial charge in [0.05, 0.1) is 17.9 Å². The van der Waals surface area contributed by atoms with Gasteiger partial charge in [0, 0.05) is 22.4 Å². The first-order valence-corrected chi connectivity index (χ1v) is 12.0. The molecule has 2 aliphatic rings. The zero-order chi connectivity index (χ0) is 22.7. The lowest BCUT2D eigenvalue weighted by atomic mass is 9.95. The highest BCUT2D eigenvalue weighted by Gasteiger charge is 2.39. The number of sulfonamides is 1. The first-order valence-electron chi connectivity index (χ1n) is 9.74. The minimum absolute atomic E-state index is 0.332. The van der Waals surface area contributed by atoms with Crippen LogP contribution >= 0.6 is 15.9 Å². The van der Waals surface area contributed by atoms with Gasteiger partial charge < -0.3 is 0 Å². The van der Waals surface area contributed by atoms with Crippen LogP contribution in [0.1, 0.15) is 52.9 Å². The molecule has 166 valence electrons. The van der Waals surface area contributed by atoms with Crippen molar-refractivity contribution in [3.8, 4) is 0 Å². The summed E-state index contributed by atoms with van der Waals surface area (Å²) in [5, 5.41) is 6.91. The van der Waals surface area contributed by atoms with Crippen molar-refractivity contribution in [2.24, 2.45) is 0 Å². The molecule has 1 aliphatic heterocycles. The molecule has 2 aromatic heterocycles. The van der Waals surface area contributed by atoms with Gasteiger partial charge in [-0.1, -0.05) is 34.1 Å². The van der Waals surface area contributed by atoms with Crippen molar-refractivity contribution in [3.05, 3.63) is 81.5 Å². The Kier molecular flexibility index (Phi) is 4.93. The molecule has 1 fully saturated rings. The number of halogens is 4. The third-order valence-corrected chi connectivity index (χ3v) is 8.25. The molecule has 1 aliphatic carbocycles. The van der Waals surface area contributed by atoms with Gasteiger partial charge >= 0.3 is 6.18 Å². The number of H-pyrrole nitrogens is 1. The number of alkyl halides is 3. The van der Waals surface area contributed by atoms with Gasteiger partial charge in [-0.05, 0) is 48.1 Å². The van der Waals surface area contributed by atoms with Crippen molar-refractivity contribution in [1.82, 2.24) is 19.5 Å². The van der Waals surface area contributed by atoms with Gasteiger partial charge in [-0.25, -0.2) is 8.42 Å². The Labute approximate surface area is 190 Å². The molecule has 11 heteroatoms. The molecule has 3 aromatic rings. The van der Waals surface area contributed by atoms with E-state index in [1.807, 2.05) is 18.2 Å². The van der Waals surface area contributed by atoms with Gasteiger partial charge in [-0.2, -0.15) is 18.3 Å². The molecule has 1 aromatic carbocycles. The van der Waals surface area contributed by atoms with Crippen molar-refractivity contribution in [2.75, 3.05) is 0 Å². The van der Waals surface area contributed by atoms with Crippen molar-refractivity contribution >= 4 is 32.0 Å². The van der Waals surface area contributed by atoms with Crippen LogP contribution in [0.25, 0.3) is 6.08 Å². The molecule has 6 nitrogen and oxygen atoms in total. The molecule has 3 heterocycles. The van der Waals surface area contributed by atoms with E-state index in [4.69, 9.17) is 0 Å². The fourth-order valence-corrected chi connectivity index (χ4v) is 6.06. The molecule has 0 amide bonds. The fraction of sp³-hybridized carbons (Fsp3) is 0.238. The molecule has 1 N–H and O–H groups in total. The Morgan fingerprint density at radius 2 is 1.81 bits per heavy atom. The quantitative estimate of drug-likeness (QED) is 0.506. The smallest absolute Gasteiger partial charge is 0.278 e. The minimum atomic E-state index is -4.66. The average molecular weight is 525 g/mol. The summed E-state index contributed by atoms with van der Waals surface area (Å²) >= 11 is 3.67. The molecule has 0 saturated heterocycles. The zero-order valence-corrected chi connectivity index (χ0v) is 18.7. The summed E-state index contributed by atoms with van der Waals surface area (Å²) in [6.45, 7) is 0.